The monoisotopic (exact) mass is 937 g/mol. The molecule has 24 heteroatoms. The minimum absolute atomic E-state index is 0.00164. The number of hydrogen-bond acceptors (Lipinski definition) is 23. The molecule has 4 aliphatic heterocycles. The number of aliphatic hydroxyl groups excluding tert-OH is 11. The summed E-state index contributed by atoms with van der Waals surface area (Å²) in [4.78, 5) is 12.9. The van der Waals surface area contributed by atoms with Crippen LogP contribution < -0.4 is 0 Å². The van der Waals surface area contributed by atoms with Crippen LogP contribution in [0.25, 0.3) is 11.8 Å². The van der Waals surface area contributed by atoms with Crippen molar-refractivity contribution in [2.75, 3.05) is 19.8 Å². The zero-order chi connectivity index (χ0) is 47.7. The average molecular weight is 938 g/mol. The highest BCUT2D eigenvalue weighted by Gasteiger charge is 2.54. The highest BCUT2D eigenvalue weighted by Crippen LogP contribution is 2.43. The first-order chi connectivity index (χ1) is 31.4. The summed E-state index contributed by atoms with van der Waals surface area (Å²) in [7, 11) is 0. The number of phenolic OH excluding ortho intramolecular Hbond substituents is 4. The fourth-order valence-electron chi connectivity index (χ4n) is 7.58. The molecule has 16 unspecified atom stereocenters. The maximum atomic E-state index is 12.9. The van der Waals surface area contributed by atoms with E-state index in [2.05, 4.69) is 4.74 Å². The Hall–Kier alpha value is -5.55. The smallest absolute Gasteiger partial charge is 0.331 e. The molecule has 0 saturated carbocycles. The molecule has 7 rings (SSSR count). The quantitative estimate of drug-likeness (QED) is 0.0395. The summed E-state index contributed by atoms with van der Waals surface area (Å²) in [5.74, 6) is -5.14. The van der Waals surface area contributed by atoms with Crippen molar-refractivity contribution in [2.24, 2.45) is 0 Å². The molecule has 2 aromatic rings. The Kier molecular flexibility index (Phi) is 14.8. The molecule has 0 bridgehead atoms. The second kappa shape index (κ2) is 20.1. The van der Waals surface area contributed by atoms with Crippen molar-refractivity contribution >= 4 is 17.8 Å². The lowest BCUT2D eigenvalue weighted by atomic mass is 9.95. The predicted octanol–water partition coefficient (Wildman–Crippen LogP) is -3.92. The van der Waals surface area contributed by atoms with E-state index < -0.39 is 153 Å². The van der Waals surface area contributed by atoms with Crippen molar-refractivity contribution < 1.29 is 119 Å². The summed E-state index contributed by atoms with van der Waals surface area (Å²) in [6, 6.07) is 7.60. The van der Waals surface area contributed by atoms with Crippen LogP contribution in [0.5, 0.6) is 23.0 Å². The summed E-state index contributed by atoms with van der Waals surface area (Å²) >= 11 is 0. The maximum Gasteiger partial charge on any atom is 0.331 e. The van der Waals surface area contributed by atoms with Gasteiger partial charge in [0.05, 0.1) is 37.0 Å². The Balaban J connectivity index is 1.23. The molecule has 5 aliphatic rings. The van der Waals surface area contributed by atoms with Gasteiger partial charge in [0.25, 0.3) is 0 Å². The van der Waals surface area contributed by atoms with Crippen molar-refractivity contribution in [3.8, 4) is 23.0 Å². The molecule has 16 atom stereocenters. The Morgan fingerprint density at radius 2 is 1.24 bits per heavy atom. The first kappa shape index (κ1) is 48.4. The normalized spacial score (nSPS) is 35.8. The van der Waals surface area contributed by atoms with E-state index in [1.165, 1.54) is 42.5 Å². The third-order valence-electron chi connectivity index (χ3n) is 11.2. The average Bonchev–Trinajstić information content (AvgIpc) is 3.29. The van der Waals surface area contributed by atoms with Crippen LogP contribution in [0.2, 0.25) is 0 Å². The van der Waals surface area contributed by atoms with Crippen LogP contribution in [0.4, 0.5) is 0 Å². The summed E-state index contributed by atoms with van der Waals surface area (Å²) in [5, 5.41) is 158. The number of hydrogen-bond donors (Lipinski definition) is 15. The predicted molar refractivity (Wildman–Crippen MR) is 215 cm³/mol. The molecule has 1 aliphatic carbocycles. The summed E-state index contributed by atoms with van der Waals surface area (Å²) in [6.07, 6.45) is -23.2. The number of carbonyl (C=O) groups is 1. The Bertz CT molecular complexity index is 2200. The van der Waals surface area contributed by atoms with Crippen molar-refractivity contribution in [1.82, 2.24) is 0 Å². The molecular weight excluding hydrogens is 888 g/mol. The van der Waals surface area contributed by atoms with Gasteiger partial charge >= 0.3 is 11.7 Å². The maximum absolute atomic E-state index is 12.9. The second-order valence-electron chi connectivity index (χ2n) is 15.6. The number of aliphatic hydroxyl groups is 13. The number of aromatic hydroxyl groups is 4. The molecule has 3 fully saturated rings. The number of carbonyl (C=O) groups excluding carboxylic acids is 1. The zero-order valence-electron chi connectivity index (χ0n) is 34.1. The summed E-state index contributed by atoms with van der Waals surface area (Å²) in [5.41, 5.74) is 0.304. The zero-order valence-corrected chi connectivity index (χ0v) is 34.1. The molecule has 0 amide bonds. The van der Waals surface area contributed by atoms with E-state index in [4.69, 9.17) is 33.2 Å². The van der Waals surface area contributed by atoms with Gasteiger partial charge in [-0.05, 0) is 23.8 Å². The molecule has 16 N–H and O–H groups in total. The van der Waals surface area contributed by atoms with Crippen LogP contribution in [0.3, 0.4) is 0 Å². The SMILES string of the molecule is O=C(C=Cc1ccc(O)cc1)OC1C(O)C(CO)OC(OC2C(OC3=C(c4cc(O)c(O)c(O)c4)[OH+]C4C=C(O)C=C(OC5OC(CO)C(O)C(O)C5O)C4=C3)OC(CO)C(O)C2O)C1O. The van der Waals surface area contributed by atoms with Crippen LogP contribution in [-0.4, -0.2) is 205 Å². The topological polar surface area (TPSA) is 398 Å². The van der Waals surface area contributed by atoms with Gasteiger partial charge in [0.2, 0.25) is 24.4 Å². The van der Waals surface area contributed by atoms with Crippen LogP contribution in [-0.2, 0) is 38.0 Å². The molecular formula is C42H49O24+. The van der Waals surface area contributed by atoms with E-state index in [1.54, 1.807) is 0 Å². The molecule has 3 saturated heterocycles. The van der Waals surface area contributed by atoms with Gasteiger partial charge < -0.3 is 114 Å². The first-order valence-electron chi connectivity index (χ1n) is 20.2. The third kappa shape index (κ3) is 9.92. The Morgan fingerprint density at radius 3 is 1.88 bits per heavy atom. The van der Waals surface area contributed by atoms with E-state index >= 15 is 0 Å². The number of ether oxygens (including phenoxy) is 8. The van der Waals surface area contributed by atoms with E-state index in [1.807, 2.05) is 0 Å². The number of allylic oxidation sites excluding steroid dienone is 2. The lowest BCUT2D eigenvalue weighted by Crippen LogP contribution is -2.65. The third-order valence-corrected chi connectivity index (χ3v) is 11.2. The molecule has 4 heterocycles. The largest absolute Gasteiger partial charge is 0.571 e. The van der Waals surface area contributed by atoms with Crippen molar-refractivity contribution in [3.05, 3.63) is 94.7 Å². The highest BCUT2D eigenvalue weighted by atomic mass is 16.8. The van der Waals surface area contributed by atoms with E-state index in [9.17, 15) is 81.4 Å². The van der Waals surface area contributed by atoms with Crippen molar-refractivity contribution in [3.63, 3.8) is 0 Å². The van der Waals surface area contributed by atoms with Crippen LogP contribution in [0, 0.1) is 0 Å². The van der Waals surface area contributed by atoms with Crippen LogP contribution >= 0.6 is 0 Å². The van der Waals surface area contributed by atoms with Gasteiger partial charge in [-0.2, -0.15) is 0 Å². The number of fused-ring (bicyclic) bond motifs is 1. The molecule has 24 nitrogen and oxygen atoms in total. The molecule has 2 aromatic carbocycles. The number of rotatable bonds is 13. The molecule has 66 heavy (non-hydrogen) atoms. The van der Waals surface area contributed by atoms with Crippen LogP contribution in [0.15, 0.2) is 83.6 Å². The van der Waals surface area contributed by atoms with Gasteiger partial charge in [-0.3, -0.25) is 0 Å². The molecule has 360 valence electrons. The first-order valence-corrected chi connectivity index (χ1v) is 20.2. The minimum Gasteiger partial charge on any atom is -0.571 e. The Morgan fingerprint density at radius 1 is 0.652 bits per heavy atom. The second-order valence-corrected chi connectivity index (χ2v) is 15.6. The lowest BCUT2D eigenvalue weighted by molar-refractivity contribution is -0.363. The van der Waals surface area contributed by atoms with Gasteiger partial charge in [-0.1, -0.05) is 12.1 Å². The van der Waals surface area contributed by atoms with Gasteiger partial charge in [0.1, 0.15) is 78.3 Å². The lowest BCUT2D eigenvalue weighted by Gasteiger charge is -2.46. The van der Waals surface area contributed by atoms with E-state index in [0.717, 1.165) is 24.3 Å². The molecule has 0 spiro atoms. The number of phenols is 4. The minimum atomic E-state index is -2.09. The summed E-state index contributed by atoms with van der Waals surface area (Å²) < 4.78 is 44.9. The standard InChI is InChI=1S/C42H48O24/c43-12-25-30(52)33(55)35(57)40(62-25)60-23-10-18(47)9-22-19(23)11-24(37(59-22)16-7-20(48)29(51)21(49)8-16)61-42-39(34(56)31(53)26(13-44)64-42)66-41-36(58)38(32(54)27(14-45)63-41)65-28(50)6-3-15-1-4-17(46)5-2-15/h1-11,22,25-27,30-36,38-49,51-58H,12-14H2/p+1. The highest BCUT2D eigenvalue weighted by molar-refractivity contribution is 5.87. The fraction of sp³-hybridized carbons (Fsp3) is 0.452. The van der Waals surface area contributed by atoms with Crippen molar-refractivity contribution in [2.45, 2.75) is 98.2 Å². The fourth-order valence-corrected chi connectivity index (χ4v) is 7.58. The Labute approximate surface area is 372 Å². The van der Waals surface area contributed by atoms with Gasteiger partial charge in [-0.25, -0.2) is 4.79 Å². The van der Waals surface area contributed by atoms with Crippen LogP contribution in [0.1, 0.15) is 11.1 Å². The van der Waals surface area contributed by atoms with Gasteiger partial charge in [-0.15, -0.1) is 0 Å². The number of esters is 1. The molecule has 0 aromatic heterocycles. The van der Waals surface area contributed by atoms with Gasteiger partial charge in [0.15, 0.2) is 35.7 Å². The van der Waals surface area contributed by atoms with Gasteiger partial charge in [0, 0.05) is 30.4 Å². The number of benzene rings is 2. The molecule has 0 radical (unpaired) electrons. The van der Waals surface area contributed by atoms with E-state index in [-0.39, 0.29) is 28.4 Å². The summed E-state index contributed by atoms with van der Waals surface area (Å²) in [6.45, 7) is -2.65. The van der Waals surface area contributed by atoms with E-state index in [0.29, 0.717) is 5.56 Å². The van der Waals surface area contributed by atoms with Crippen molar-refractivity contribution in [1.29, 1.82) is 0 Å².